The highest BCUT2D eigenvalue weighted by molar-refractivity contribution is 8.13. The maximum Gasteiger partial charge on any atom is 0.187 e. The van der Waals surface area contributed by atoms with Gasteiger partial charge in [0, 0.05) is 19.0 Å². The van der Waals surface area contributed by atoms with Crippen molar-refractivity contribution in [2.45, 2.75) is 20.3 Å². The van der Waals surface area contributed by atoms with Crippen LogP contribution in [-0.2, 0) is 0 Å². The van der Waals surface area contributed by atoms with Gasteiger partial charge in [0.05, 0.1) is 11.9 Å². The molecule has 0 aromatic carbocycles. The minimum absolute atomic E-state index is 0.517. The van der Waals surface area contributed by atoms with Crippen molar-refractivity contribution in [3.8, 4) is 0 Å². The van der Waals surface area contributed by atoms with Gasteiger partial charge in [-0.2, -0.15) is 4.40 Å². The third kappa shape index (κ3) is 1.24. The van der Waals surface area contributed by atoms with Crippen LogP contribution in [0.5, 0.6) is 0 Å². The molecule has 0 N–H and O–H groups in total. The number of amidine groups is 2. The quantitative estimate of drug-likeness (QED) is 0.579. The molecule has 0 saturated heterocycles. The average molecular weight is 183 g/mol. The number of aliphatic imine (C=N–C) groups is 1. The molecule has 66 valence electrons. The molecule has 4 heteroatoms. The molecule has 0 atom stereocenters. The van der Waals surface area contributed by atoms with Gasteiger partial charge in [-0.05, 0) is 6.42 Å². The van der Waals surface area contributed by atoms with E-state index in [-0.39, 0.29) is 0 Å². The van der Waals surface area contributed by atoms with Crippen molar-refractivity contribution in [3.05, 3.63) is 0 Å². The van der Waals surface area contributed by atoms with E-state index in [0.717, 1.165) is 24.7 Å². The van der Waals surface area contributed by atoms with E-state index in [4.69, 9.17) is 0 Å². The Morgan fingerprint density at radius 2 is 2.33 bits per heavy atom. The van der Waals surface area contributed by atoms with Gasteiger partial charge in [0.2, 0.25) is 0 Å². The SMILES string of the molecule is CC(C)C1=NSC2=NCCCN21. The fourth-order valence-electron chi connectivity index (χ4n) is 1.43. The fraction of sp³-hybridized carbons (Fsp3) is 0.750. The topological polar surface area (TPSA) is 28.0 Å². The Kier molecular flexibility index (Phi) is 2.09. The summed E-state index contributed by atoms with van der Waals surface area (Å²) < 4.78 is 4.41. The maximum absolute atomic E-state index is 4.42. The van der Waals surface area contributed by atoms with Crippen molar-refractivity contribution in [2.24, 2.45) is 15.3 Å². The predicted molar refractivity (Wildman–Crippen MR) is 53.5 cm³/mol. The molecule has 3 nitrogen and oxygen atoms in total. The Hall–Kier alpha value is -0.510. The van der Waals surface area contributed by atoms with Crippen molar-refractivity contribution in [1.82, 2.24) is 4.90 Å². The molecule has 0 fully saturated rings. The molecule has 0 amide bonds. The fourth-order valence-corrected chi connectivity index (χ4v) is 2.35. The van der Waals surface area contributed by atoms with Gasteiger partial charge in [-0.3, -0.25) is 4.99 Å². The highest BCUT2D eigenvalue weighted by Gasteiger charge is 2.28. The molecule has 0 aromatic rings. The number of rotatable bonds is 1. The standard InChI is InChI=1S/C8H13N3S/c1-6(2)7-10-12-8-9-4-3-5-11(7)8/h6H,3-5H2,1-2H3. The molecule has 0 bridgehead atoms. The van der Waals surface area contributed by atoms with E-state index >= 15 is 0 Å². The van der Waals surface area contributed by atoms with E-state index in [0.29, 0.717) is 5.92 Å². The van der Waals surface area contributed by atoms with Crippen LogP contribution in [0.2, 0.25) is 0 Å². The van der Waals surface area contributed by atoms with Gasteiger partial charge in [0.1, 0.15) is 5.84 Å². The molecular weight excluding hydrogens is 170 g/mol. The van der Waals surface area contributed by atoms with Gasteiger partial charge in [-0.1, -0.05) is 13.8 Å². The molecule has 0 unspecified atom stereocenters. The van der Waals surface area contributed by atoms with Gasteiger partial charge in [-0.25, -0.2) is 0 Å². The molecular formula is C8H13N3S. The maximum atomic E-state index is 4.42. The van der Waals surface area contributed by atoms with Crippen LogP contribution in [0.25, 0.3) is 0 Å². The van der Waals surface area contributed by atoms with Gasteiger partial charge in [-0.15, -0.1) is 0 Å². The van der Waals surface area contributed by atoms with Crippen molar-refractivity contribution < 1.29 is 0 Å². The van der Waals surface area contributed by atoms with Crippen LogP contribution in [0.1, 0.15) is 20.3 Å². The number of nitrogens with zero attached hydrogens (tertiary/aromatic N) is 3. The minimum Gasteiger partial charge on any atom is -0.307 e. The molecule has 2 heterocycles. The van der Waals surface area contributed by atoms with E-state index in [1.54, 1.807) is 0 Å². The van der Waals surface area contributed by atoms with Crippen molar-refractivity contribution in [3.63, 3.8) is 0 Å². The van der Waals surface area contributed by atoms with Crippen LogP contribution in [-0.4, -0.2) is 29.0 Å². The van der Waals surface area contributed by atoms with Crippen molar-refractivity contribution in [2.75, 3.05) is 13.1 Å². The zero-order valence-electron chi connectivity index (χ0n) is 7.45. The second kappa shape index (κ2) is 3.09. The summed E-state index contributed by atoms with van der Waals surface area (Å²) in [4.78, 5) is 6.66. The van der Waals surface area contributed by atoms with Gasteiger partial charge in [0.25, 0.3) is 0 Å². The Morgan fingerprint density at radius 3 is 3.08 bits per heavy atom. The second-order valence-corrected chi connectivity index (χ2v) is 4.10. The predicted octanol–water partition coefficient (Wildman–Crippen LogP) is 1.76. The second-order valence-electron chi connectivity index (χ2n) is 3.36. The van der Waals surface area contributed by atoms with Crippen LogP contribution in [0.15, 0.2) is 9.39 Å². The summed E-state index contributed by atoms with van der Waals surface area (Å²) in [7, 11) is 0. The Bertz CT molecular complexity index is 245. The first-order valence-corrected chi connectivity index (χ1v) is 5.13. The zero-order chi connectivity index (χ0) is 8.55. The highest BCUT2D eigenvalue weighted by atomic mass is 32.2. The number of fused-ring (bicyclic) bond motifs is 1. The molecule has 0 saturated carbocycles. The lowest BCUT2D eigenvalue weighted by molar-refractivity contribution is 0.537. The lowest BCUT2D eigenvalue weighted by Crippen LogP contribution is -2.37. The van der Waals surface area contributed by atoms with Crippen LogP contribution in [0.3, 0.4) is 0 Å². The third-order valence-electron chi connectivity index (χ3n) is 2.03. The minimum atomic E-state index is 0.517. The monoisotopic (exact) mass is 183 g/mol. The Morgan fingerprint density at radius 1 is 1.50 bits per heavy atom. The number of hydrogen-bond acceptors (Lipinski definition) is 4. The van der Waals surface area contributed by atoms with Gasteiger partial charge in [0.15, 0.2) is 5.17 Å². The summed E-state index contributed by atoms with van der Waals surface area (Å²) in [5, 5.41) is 1.10. The molecule has 0 spiro atoms. The summed E-state index contributed by atoms with van der Waals surface area (Å²) in [5.41, 5.74) is 0. The first kappa shape index (κ1) is 8.10. The molecule has 2 aliphatic rings. The zero-order valence-corrected chi connectivity index (χ0v) is 8.27. The van der Waals surface area contributed by atoms with Crippen LogP contribution < -0.4 is 0 Å². The summed E-state index contributed by atoms with van der Waals surface area (Å²) in [6.07, 6.45) is 1.16. The van der Waals surface area contributed by atoms with Crippen molar-refractivity contribution in [1.29, 1.82) is 0 Å². The highest BCUT2D eigenvalue weighted by Crippen LogP contribution is 2.26. The van der Waals surface area contributed by atoms with Crippen LogP contribution in [0, 0.1) is 5.92 Å². The molecule has 0 aliphatic carbocycles. The molecule has 2 aliphatic heterocycles. The van der Waals surface area contributed by atoms with Gasteiger partial charge < -0.3 is 4.90 Å². The average Bonchev–Trinajstić information content (AvgIpc) is 2.47. The summed E-state index contributed by atoms with van der Waals surface area (Å²) in [5.74, 6) is 1.71. The van der Waals surface area contributed by atoms with Crippen LogP contribution >= 0.6 is 11.9 Å². The summed E-state index contributed by atoms with van der Waals surface area (Å²) >= 11 is 1.53. The normalized spacial score (nSPS) is 22.4. The smallest absolute Gasteiger partial charge is 0.187 e. The first-order chi connectivity index (χ1) is 5.79. The van der Waals surface area contributed by atoms with E-state index in [1.807, 2.05) is 0 Å². The Labute approximate surface area is 77.1 Å². The van der Waals surface area contributed by atoms with E-state index in [9.17, 15) is 0 Å². The largest absolute Gasteiger partial charge is 0.307 e. The first-order valence-electron chi connectivity index (χ1n) is 4.36. The molecule has 0 aromatic heterocycles. The molecule has 2 rings (SSSR count). The van der Waals surface area contributed by atoms with Crippen LogP contribution in [0.4, 0.5) is 0 Å². The Balaban J connectivity index is 2.19. The van der Waals surface area contributed by atoms with E-state index < -0.39 is 0 Å². The lowest BCUT2D eigenvalue weighted by atomic mass is 10.2. The van der Waals surface area contributed by atoms with Crippen molar-refractivity contribution >= 4 is 23.0 Å². The van der Waals surface area contributed by atoms with E-state index in [1.165, 1.54) is 17.8 Å². The van der Waals surface area contributed by atoms with E-state index in [2.05, 4.69) is 28.1 Å². The summed E-state index contributed by atoms with van der Waals surface area (Å²) in [6.45, 7) is 6.43. The number of hydrogen-bond donors (Lipinski definition) is 0. The third-order valence-corrected chi connectivity index (χ3v) is 2.82. The summed E-state index contributed by atoms with van der Waals surface area (Å²) in [6, 6.07) is 0. The lowest BCUT2D eigenvalue weighted by Gasteiger charge is -2.24. The molecule has 12 heavy (non-hydrogen) atoms. The van der Waals surface area contributed by atoms with Gasteiger partial charge >= 0.3 is 0 Å². The molecule has 0 radical (unpaired) electrons.